The van der Waals surface area contributed by atoms with E-state index in [1.165, 1.54) is 7.11 Å². The first-order valence-electron chi connectivity index (χ1n) is 9.79. The molecule has 3 aromatic rings. The Balaban J connectivity index is 1.57. The lowest BCUT2D eigenvalue weighted by Crippen LogP contribution is -2.09. The molecule has 1 aliphatic rings. The van der Waals surface area contributed by atoms with Crippen LogP contribution in [0.15, 0.2) is 71.4 Å². The molecule has 0 amide bonds. The van der Waals surface area contributed by atoms with Gasteiger partial charge in [0.05, 0.1) is 12.7 Å². The molecule has 4 rings (SSSR count). The molecule has 0 saturated carbocycles. The number of methoxy groups -OCH3 is 1. The fraction of sp³-hybridized carbons (Fsp3) is 0.0800. The van der Waals surface area contributed by atoms with Crippen LogP contribution in [0.5, 0.6) is 11.5 Å². The normalized spacial score (nSPS) is 14.1. The SMILES string of the molecule is COc1cc(/C=C2\N=C(c3ccc(I)c(C)c3)OC2=O)ccc1OC(=O)c1ccc(Cl)cc1. The van der Waals surface area contributed by atoms with Crippen LogP contribution in [0.3, 0.4) is 0 Å². The summed E-state index contributed by atoms with van der Waals surface area (Å²) < 4.78 is 17.3. The van der Waals surface area contributed by atoms with E-state index in [9.17, 15) is 9.59 Å². The van der Waals surface area contributed by atoms with E-state index in [0.717, 1.165) is 14.7 Å². The second-order valence-corrected chi connectivity index (χ2v) is 8.71. The van der Waals surface area contributed by atoms with Gasteiger partial charge in [-0.3, -0.25) is 0 Å². The average Bonchev–Trinajstić information content (AvgIpc) is 3.17. The Morgan fingerprint density at radius 1 is 1.06 bits per heavy atom. The summed E-state index contributed by atoms with van der Waals surface area (Å²) in [5, 5.41) is 0.523. The molecule has 0 saturated heterocycles. The molecule has 0 radical (unpaired) electrons. The van der Waals surface area contributed by atoms with Gasteiger partial charge < -0.3 is 14.2 Å². The highest BCUT2D eigenvalue weighted by molar-refractivity contribution is 14.1. The predicted molar refractivity (Wildman–Crippen MR) is 134 cm³/mol. The second kappa shape index (κ2) is 9.76. The lowest BCUT2D eigenvalue weighted by Gasteiger charge is -2.10. The maximum Gasteiger partial charge on any atom is 0.363 e. The number of carbonyl (C=O) groups excluding carboxylic acids is 2. The van der Waals surface area contributed by atoms with Crippen LogP contribution in [-0.4, -0.2) is 24.9 Å². The largest absolute Gasteiger partial charge is 0.493 e. The first-order valence-corrected chi connectivity index (χ1v) is 11.2. The van der Waals surface area contributed by atoms with Crippen molar-refractivity contribution in [3.63, 3.8) is 0 Å². The monoisotopic (exact) mass is 573 g/mol. The van der Waals surface area contributed by atoms with E-state index in [1.807, 2.05) is 25.1 Å². The molecule has 0 N–H and O–H groups in total. The number of nitrogens with zero attached hydrogens (tertiary/aromatic N) is 1. The number of esters is 2. The molecule has 1 heterocycles. The summed E-state index contributed by atoms with van der Waals surface area (Å²) in [4.78, 5) is 29.1. The van der Waals surface area contributed by atoms with Crippen molar-refractivity contribution in [3.05, 3.63) is 97.2 Å². The summed E-state index contributed by atoms with van der Waals surface area (Å²) in [5.41, 5.74) is 2.95. The van der Waals surface area contributed by atoms with Gasteiger partial charge in [0.2, 0.25) is 5.90 Å². The summed E-state index contributed by atoms with van der Waals surface area (Å²) in [6, 6.07) is 17.0. The molecule has 33 heavy (non-hydrogen) atoms. The quantitative estimate of drug-likeness (QED) is 0.166. The van der Waals surface area contributed by atoms with E-state index in [0.29, 0.717) is 21.9 Å². The first kappa shape index (κ1) is 23.0. The van der Waals surface area contributed by atoms with Gasteiger partial charge in [-0.05, 0) is 101 Å². The zero-order valence-electron chi connectivity index (χ0n) is 17.6. The number of rotatable bonds is 5. The van der Waals surface area contributed by atoms with Crippen LogP contribution < -0.4 is 9.47 Å². The minimum atomic E-state index is -0.544. The van der Waals surface area contributed by atoms with Crippen molar-refractivity contribution >= 4 is 58.1 Å². The third-order valence-corrected chi connectivity index (χ3v) is 6.26. The molecule has 6 nitrogen and oxygen atoms in total. The van der Waals surface area contributed by atoms with Crippen LogP contribution in [0.4, 0.5) is 0 Å². The number of aryl methyl sites for hydroxylation is 1. The van der Waals surface area contributed by atoms with Crippen LogP contribution in [0.2, 0.25) is 5.02 Å². The van der Waals surface area contributed by atoms with Gasteiger partial charge in [-0.1, -0.05) is 17.7 Å². The van der Waals surface area contributed by atoms with E-state index in [-0.39, 0.29) is 17.3 Å². The standard InChI is InChI=1S/C25H17ClINO5/c1-14-11-17(6-9-19(14)27)23-28-20(25(30)33-23)12-15-3-10-21(22(13-15)31-2)32-24(29)16-4-7-18(26)8-5-16/h3-13H,1-2H3/b20-12-. The van der Waals surface area contributed by atoms with Crippen LogP contribution in [0.1, 0.15) is 27.0 Å². The molecule has 0 unspecified atom stereocenters. The molecule has 0 spiro atoms. The lowest BCUT2D eigenvalue weighted by molar-refractivity contribution is -0.129. The lowest BCUT2D eigenvalue weighted by atomic mass is 10.1. The Bertz CT molecular complexity index is 1310. The zero-order chi connectivity index (χ0) is 23.5. The molecule has 0 fully saturated rings. The number of halogens is 2. The average molecular weight is 574 g/mol. The van der Waals surface area contributed by atoms with Crippen LogP contribution in [0.25, 0.3) is 6.08 Å². The number of aliphatic imine (C=N–C) groups is 1. The molecule has 8 heteroatoms. The van der Waals surface area contributed by atoms with Gasteiger partial charge in [0.1, 0.15) is 0 Å². The molecule has 0 aliphatic carbocycles. The molecular formula is C25H17ClINO5. The fourth-order valence-corrected chi connectivity index (χ4v) is 3.53. The van der Waals surface area contributed by atoms with Crippen molar-refractivity contribution in [2.75, 3.05) is 7.11 Å². The topological polar surface area (TPSA) is 74.2 Å². The zero-order valence-corrected chi connectivity index (χ0v) is 20.5. The Morgan fingerprint density at radius 3 is 2.52 bits per heavy atom. The summed E-state index contributed by atoms with van der Waals surface area (Å²) >= 11 is 8.10. The van der Waals surface area contributed by atoms with Crippen molar-refractivity contribution in [2.24, 2.45) is 4.99 Å². The number of cyclic esters (lactones) is 1. The number of carbonyl (C=O) groups is 2. The Hall–Kier alpha value is -3.17. The van der Waals surface area contributed by atoms with E-state index in [2.05, 4.69) is 27.6 Å². The summed E-state index contributed by atoms with van der Waals surface area (Å²) in [6.45, 7) is 1.98. The summed E-state index contributed by atoms with van der Waals surface area (Å²) in [7, 11) is 1.46. The van der Waals surface area contributed by atoms with Crippen molar-refractivity contribution in [3.8, 4) is 11.5 Å². The highest BCUT2D eigenvalue weighted by atomic mass is 127. The van der Waals surface area contributed by atoms with Gasteiger partial charge >= 0.3 is 11.9 Å². The minimum absolute atomic E-state index is 0.161. The number of benzene rings is 3. The van der Waals surface area contributed by atoms with Crippen LogP contribution >= 0.6 is 34.2 Å². The molecule has 3 aromatic carbocycles. The van der Waals surface area contributed by atoms with Gasteiger partial charge in [0.25, 0.3) is 0 Å². The minimum Gasteiger partial charge on any atom is -0.493 e. The Labute approximate surface area is 209 Å². The predicted octanol–water partition coefficient (Wildman–Crippen LogP) is 5.83. The van der Waals surface area contributed by atoms with E-state index < -0.39 is 11.9 Å². The Morgan fingerprint density at radius 2 is 1.82 bits per heavy atom. The maximum absolute atomic E-state index is 12.4. The first-order chi connectivity index (χ1) is 15.8. The number of ether oxygens (including phenoxy) is 3. The van der Waals surface area contributed by atoms with Crippen molar-refractivity contribution in [1.82, 2.24) is 0 Å². The third-order valence-electron chi connectivity index (χ3n) is 4.80. The van der Waals surface area contributed by atoms with Gasteiger partial charge in [-0.15, -0.1) is 0 Å². The van der Waals surface area contributed by atoms with Gasteiger partial charge in [-0.25, -0.2) is 14.6 Å². The summed E-state index contributed by atoms with van der Waals surface area (Å²) in [6.07, 6.45) is 1.59. The van der Waals surface area contributed by atoms with E-state index in [4.69, 9.17) is 25.8 Å². The third kappa shape index (κ3) is 5.26. The van der Waals surface area contributed by atoms with Crippen LogP contribution in [-0.2, 0) is 9.53 Å². The maximum atomic E-state index is 12.4. The molecule has 1 aliphatic heterocycles. The van der Waals surface area contributed by atoms with Crippen molar-refractivity contribution in [2.45, 2.75) is 6.92 Å². The highest BCUT2D eigenvalue weighted by Gasteiger charge is 2.24. The van der Waals surface area contributed by atoms with Gasteiger partial charge in [-0.2, -0.15) is 0 Å². The molecule has 0 aromatic heterocycles. The number of hydrogen-bond donors (Lipinski definition) is 0. The van der Waals surface area contributed by atoms with Gasteiger partial charge in [0.15, 0.2) is 17.2 Å². The van der Waals surface area contributed by atoms with E-state index >= 15 is 0 Å². The molecule has 0 atom stereocenters. The van der Waals surface area contributed by atoms with Crippen molar-refractivity contribution < 1.29 is 23.8 Å². The molecular weight excluding hydrogens is 557 g/mol. The Kier molecular flexibility index (Phi) is 6.80. The van der Waals surface area contributed by atoms with Crippen molar-refractivity contribution in [1.29, 1.82) is 0 Å². The summed E-state index contributed by atoms with van der Waals surface area (Å²) in [5.74, 6) is -0.259. The fourth-order valence-electron chi connectivity index (χ4n) is 3.07. The van der Waals surface area contributed by atoms with E-state index in [1.54, 1.807) is 48.5 Å². The highest BCUT2D eigenvalue weighted by Crippen LogP contribution is 2.31. The molecule has 0 bridgehead atoms. The van der Waals surface area contributed by atoms with Gasteiger partial charge in [0, 0.05) is 14.2 Å². The van der Waals surface area contributed by atoms with Crippen LogP contribution in [0, 0.1) is 10.5 Å². The second-order valence-electron chi connectivity index (χ2n) is 7.11. The number of hydrogen-bond acceptors (Lipinski definition) is 6. The smallest absolute Gasteiger partial charge is 0.363 e. The molecule has 166 valence electrons.